The van der Waals surface area contributed by atoms with Crippen LogP contribution in [-0.2, 0) is 16.0 Å². The molecule has 2 unspecified atom stereocenters. The number of carbonyl (C=O) groups is 3. The maximum atomic E-state index is 13.5. The number of hydrogen-bond donors (Lipinski definition) is 2. The Morgan fingerprint density at radius 3 is 2.25 bits per heavy atom. The van der Waals surface area contributed by atoms with Crippen molar-refractivity contribution in [1.82, 2.24) is 20.4 Å². The van der Waals surface area contributed by atoms with Crippen LogP contribution in [0.25, 0.3) is 0 Å². The number of rotatable bonds is 15. The second kappa shape index (κ2) is 17.0. The summed E-state index contributed by atoms with van der Waals surface area (Å²) in [5.74, 6) is -0.121. The predicted octanol–water partition coefficient (Wildman–Crippen LogP) is 4.90. The molecule has 1 fully saturated rings. The molecule has 1 aliphatic rings. The number of hydrogen-bond acceptors (Lipinski definition) is 3. The molecule has 2 rings (SSSR count). The Hall–Kier alpha value is -2.57. The van der Waals surface area contributed by atoms with Gasteiger partial charge in [-0.3, -0.25) is 9.59 Å². The van der Waals surface area contributed by atoms with Crippen molar-refractivity contribution < 1.29 is 14.4 Å². The number of carbonyl (C=O) groups excluding carboxylic acids is 3. The smallest absolute Gasteiger partial charge is 0.317 e. The molecule has 2 atom stereocenters. The number of unbranched alkanes of at least 4 members (excludes halogenated alkanes) is 7. The first kappa shape index (κ1) is 29.7. The molecule has 4 amide bonds. The predicted molar refractivity (Wildman–Crippen MR) is 146 cm³/mol. The average Bonchev–Trinajstić information content (AvgIpc) is 2.88. The normalized spacial score (nSPS) is 16.5. The highest BCUT2D eigenvalue weighted by Crippen LogP contribution is 2.14. The lowest BCUT2D eigenvalue weighted by molar-refractivity contribution is -0.138. The van der Waals surface area contributed by atoms with Gasteiger partial charge in [0.2, 0.25) is 11.8 Å². The maximum Gasteiger partial charge on any atom is 0.317 e. The van der Waals surface area contributed by atoms with E-state index in [4.69, 9.17) is 0 Å². The van der Waals surface area contributed by atoms with Crippen molar-refractivity contribution in [2.24, 2.45) is 0 Å². The van der Waals surface area contributed by atoms with Crippen molar-refractivity contribution in [3.8, 4) is 0 Å². The molecule has 1 heterocycles. The molecular formula is C29H48N4O3. The van der Waals surface area contributed by atoms with Gasteiger partial charge >= 0.3 is 6.03 Å². The SMILES string of the molecule is CCCCCCCCCC(=O)NC(Cc1ccccc1)C(=O)N1CCN(C(=O)NCCCC)C(C)C1. The largest absolute Gasteiger partial charge is 0.344 e. The van der Waals surface area contributed by atoms with Gasteiger partial charge < -0.3 is 20.4 Å². The van der Waals surface area contributed by atoms with Crippen LogP contribution in [0.3, 0.4) is 0 Å². The first-order chi connectivity index (χ1) is 17.5. The lowest BCUT2D eigenvalue weighted by Gasteiger charge is -2.41. The Morgan fingerprint density at radius 2 is 1.58 bits per heavy atom. The van der Waals surface area contributed by atoms with E-state index in [0.717, 1.165) is 37.7 Å². The molecule has 2 N–H and O–H groups in total. The van der Waals surface area contributed by atoms with E-state index < -0.39 is 6.04 Å². The van der Waals surface area contributed by atoms with Crippen LogP contribution in [0.5, 0.6) is 0 Å². The molecule has 7 nitrogen and oxygen atoms in total. The highest BCUT2D eigenvalue weighted by molar-refractivity contribution is 5.88. The van der Waals surface area contributed by atoms with Gasteiger partial charge in [0.1, 0.15) is 6.04 Å². The molecule has 0 radical (unpaired) electrons. The van der Waals surface area contributed by atoms with Crippen molar-refractivity contribution in [3.05, 3.63) is 35.9 Å². The molecule has 0 spiro atoms. The fourth-order valence-corrected chi connectivity index (χ4v) is 4.71. The van der Waals surface area contributed by atoms with E-state index in [2.05, 4.69) is 24.5 Å². The average molecular weight is 501 g/mol. The third-order valence-electron chi connectivity index (χ3n) is 6.93. The van der Waals surface area contributed by atoms with Gasteiger partial charge in [-0.05, 0) is 25.3 Å². The summed E-state index contributed by atoms with van der Waals surface area (Å²) in [6, 6.07) is 9.10. The molecule has 1 saturated heterocycles. The Kier molecular flexibility index (Phi) is 14.0. The van der Waals surface area contributed by atoms with E-state index in [9.17, 15) is 14.4 Å². The highest BCUT2D eigenvalue weighted by atomic mass is 16.2. The minimum Gasteiger partial charge on any atom is -0.344 e. The van der Waals surface area contributed by atoms with E-state index in [1.165, 1.54) is 25.7 Å². The van der Waals surface area contributed by atoms with Crippen LogP contribution in [0, 0.1) is 0 Å². The van der Waals surface area contributed by atoms with Crippen LogP contribution in [0.2, 0.25) is 0 Å². The molecule has 1 aromatic carbocycles. The standard InChI is InChI=1S/C29H48N4O3/c1-4-6-8-9-10-11-15-18-27(34)31-26(22-25-16-13-12-14-17-25)28(35)32-20-21-33(24(3)23-32)29(36)30-19-7-5-2/h12-14,16-17,24,26H,4-11,15,18-23H2,1-3H3,(H,30,36)(H,31,34). The zero-order valence-corrected chi connectivity index (χ0v) is 22.8. The number of piperazine rings is 1. The summed E-state index contributed by atoms with van der Waals surface area (Å²) in [7, 11) is 0. The fourth-order valence-electron chi connectivity index (χ4n) is 4.71. The van der Waals surface area contributed by atoms with Crippen LogP contribution in [0.1, 0.15) is 90.5 Å². The Labute approximate surface area is 218 Å². The second-order valence-electron chi connectivity index (χ2n) is 10.1. The summed E-state index contributed by atoms with van der Waals surface area (Å²) in [4.78, 5) is 42.4. The van der Waals surface area contributed by atoms with Crippen LogP contribution in [-0.4, -0.2) is 65.9 Å². The number of nitrogens with one attached hydrogen (secondary N) is 2. The summed E-state index contributed by atoms with van der Waals surface area (Å²) < 4.78 is 0. The van der Waals surface area contributed by atoms with Crippen molar-refractivity contribution >= 4 is 17.8 Å². The third kappa shape index (κ3) is 10.6. The van der Waals surface area contributed by atoms with Gasteiger partial charge in [-0.2, -0.15) is 0 Å². The second-order valence-corrected chi connectivity index (χ2v) is 10.1. The molecule has 7 heteroatoms. The summed E-state index contributed by atoms with van der Waals surface area (Å²) in [5, 5.41) is 6.01. The van der Waals surface area contributed by atoms with Crippen LogP contribution < -0.4 is 10.6 Å². The molecule has 0 saturated carbocycles. The van der Waals surface area contributed by atoms with Gasteiger partial charge in [-0.1, -0.05) is 89.1 Å². The van der Waals surface area contributed by atoms with Crippen molar-refractivity contribution in [1.29, 1.82) is 0 Å². The molecular weight excluding hydrogens is 452 g/mol. The first-order valence-corrected chi connectivity index (χ1v) is 14.1. The van der Waals surface area contributed by atoms with Gasteiger partial charge in [0.05, 0.1) is 0 Å². The van der Waals surface area contributed by atoms with E-state index in [-0.39, 0.29) is 23.9 Å². The minimum atomic E-state index is -0.596. The van der Waals surface area contributed by atoms with Gasteiger partial charge in [-0.15, -0.1) is 0 Å². The van der Waals surface area contributed by atoms with Gasteiger partial charge in [-0.25, -0.2) is 4.79 Å². The molecule has 1 aromatic rings. The molecule has 202 valence electrons. The summed E-state index contributed by atoms with van der Waals surface area (Å²) in [6.45, 7) is 8.40. The van der Waals surface area contributed by atoms with Crippen molar-refractivity contribution in [3.63, 3.8) is 0 Å². The number of urea groups is 1. The Bertz CT molecular complexity index is 786. The molecule has 0 bridgehead atoms. The molecule has 0 aromatic heterocycles. The highest BCUT2D eigenvalue weighted by Gasteiger charge is 2.33. The maximum absolute atomic E-state index is 13.5. The lowest BCUT2D eigenvalue weighted by Crippen LogP contribution is -2.60. The first-order valence-electron chi connectivity index (χ1n) is 14.1. The topological polar surface area (TPSA) is 81.8 Å². The number of amides is 4. The summed E-state index contributed by atoms with van der Waals surface area (Å²) in [5.41, 5.74) is 1.02. The van der Waals surface area contributed by atoms with Crippen LogP contribution in [0.4, 0.5) is 4.79 Å². The molecule has 0 aliphatic carbocycles. The van der Waals surface area contributed by atoms with Gasteiger partial charge in [0.15, 0.2) is 0 Å². The van der Waals surface area contributed by atoms with Crippen molar-refractivity contribution in [2.75, 3.05) is 26.2 Å². The monoisotopic (exact) mass is 500 g/mol. The number of benzene rings is 1. The lowest BCUT2D eigenvalue weighted by atomic mass is 10.0. The molecule has 36 heavy (non-hydrogen) atoms. The van der Waals surface area contributed by atoms with Gasteiger partial charge in [0, 0.05) is 45.1 Å². The zero-order valence-electron chi connectivity index (χ0n) is 22.8. The van der Waals surface area contributed by atoms with E-state index >= 15 is 0 Å². The summed E-state index contributed by atoms with van der Waals surface area (Å²) in [6.07, 6.45) is 11.0. The number of nitrogens with zero attached hydrogens (tertiary/aromatic N) is 2. The van der Waals surface area contributed by atoms with E-state index in [1.807, 2.05) is 47.1 Å². The molecule has 1 aliphatic heterocycles. The van der Waals surface area contributed by atoms with Crippen molar-refractivity contribution in [2.45, 2.75) is 103 Å². The quantitative estimate of drug-likeness (QED) is 0.336. The Morgan fingerprint density at radius 1 is 0.917 bits per heavy atom. The van der Waals surface area contributed by atoms with E-state index in [0.29, 0.717) is 39.0 Å². The van der Waals surface area contributed by atoms with Gasteiger partial charge in [0.25, 0.3) is 0 Å². The minimum absolute atomic E-state index is 0.0557. The van der Waals surface area contributed by atoms with Crippen LogP contribution in [0.15, 0.2) is 30.3 Å². The fraction of sp³-hybridized carbons (Fsp3) is 0.690. The van der Waals surface area contributed by atoms with Crippen LogP contribution >= 0.6 is 0 Å². The summed E-state index contributed by atoms with van der Waals surface area (Å²) >= 11 is 0. The third-order valence-corrected chi connectivity index (χ3v) is 6.93. The zero-order chi connectivity index (χ0) is 26.2. The van der Waals surface area contributed by atoms with E-state index in [1.54, 1.807) is 0 Å². The Balaban J connectivity index is 1.91.